The van der Waals surface area contributed by atoms with Crippen LogP contribution in [0.3, 0.4) is 0 Å². The van der Waals surface area contributed by atoms with E-state index in [4.69, 9.17) is 34.8 Å². The van der Waals surface area contributed by atoms with Crippen molar-refractivity contribution in [1.29, 1.82) is 0 Å². The van der Waals surface area contributed by atoms with Crippen molar-refractivity contribution < 1.29 is 0 Å². The topological polar surface area (TPSA) is 0 Å². The van der Waals surface area contributed by atoms with E-state index in [0.29, 0.717) is 6.42 Å². The summed E-state index contributed by atoms with van der Waals surface area (Å²) in [7, 11) is 0. The highest BCUT2D eigenvalue weighted by molar-refractivity contribution is 6.67. The van der Waals surface area contributed by atoms with E-state index in [1.807, 2.05) is 0 Å². The van der Waals surface area contributed by atoms with Gasteiger partial charge in [-0.15, -0.1) is 0 Å². The van der Waals surface area contributed by atoms with Crippen LogP contribution in [-0.4, -0.2) is 21.2 Å². The molecule has 4 heteroatoms. The Bertz CT molecular complexity index is 69.9. The standard InChI is InChI=1S/C6H11Cl3.Al.3H/c1-2-3-4-5-6(7,8)9;;;;/h2-5H2,1H3;;;;. The van der Waals surface area contributed by atoms with Crippen LogP contribution in [0.4, 0.5) is 0 Å². The van der Waals surface area contributed by atoms with E-state index in [2.05, 4.69) is 6.92 Å². The molecule has 0 aromatic carbocycles. The van der Waals surface area contributed by atoms with E-state index in [-0.39, 0.29) is 17.4 Å². The van der Waals surface area contributed by atoms with Gasteiger partial charge in [-0.1, -0.05) is 54.6 Å². The van der Waals surface area contributed by atoms with Crippen LogP contribution in [0.25, 0.3) is 0 Å². The molecule has 0 spiro atoms. The summed E-state index contributed by atoms with van der Waals surface area (Å²) in [4.78, 5) is 0. The van der Waals surface area contributed by atoms with Gasteiger partial charge in [-0.05, 0) is 12.8 Å². The fourth-order valence-electron chi connectivity index (χ4n) is 0.575. The molecule has 0 aliphatic rings. The van der Waals surface area contributed by atoms with Crippen LogP contribution in [0.5, 0.6) is 0 Å². The molecular weight excluding hydrogens is 205 g/mol. The Morgan fingerprint density at radius 3 is 1.90 bits per heavy atom. The van der Waals surface area contributed by atoms with Crippen LogP contribution in [0, 0.1) is 0 Å². The minimum Gasteiger partial charge on any atom is -0.0837 e. The SMILES string of the molecule is CCCCCC(Cl)(Cl)Cl.[AlH3]. The van der Waals surface area contributed by atoms with Crippen molar-refractivity contribution in [1.82, 2.24) is 0 Å². The lowest BCUT2D eigenvalue weighted by Gasteiger charge is -2.08. The summed E-state index contributed by atoms with van der Waals surface area (Å²) < 4.78 is -1.03. The van der Waals surface area contributed by atoms with E-state index in [1.54, 1.807) is 0 Å². The molecule has 0 rings (SSSR count). The molecule has 0 radical (unpaired) electrons. The normalized spacial score (nSPS) is 10.8. The van der Waals surface area contributed by atoms with Gasteiger partial charge in [0.05, 0.1) is 0 Å². The summed E-state index contributed by atoms with van der Waals surface area (Å²) in [5, 5.41) is 0. The Hall–Kier alpha value is 1.40. The van der Waals surface area contributed by atoms with Gasteiger partial charge >= 0.3 is 0 Å². The van der Waals surface area contributed by atoms with Crippen molar-refractivity contribution in [2.75, 3.05) is 0 Å². The van der Waals surface area contributed by atoms with Gasteiger partial charge in [-0.2, -0.15) is 0 Å². The quantitative estimate of drug-likeness (QED) is 0.389. The molecule has 0 saturated carbocycles. The second kappa shape index (κ2) is 7.07. The molecule has 0 N–H and O–H groups in total. The molecule has 0 saturated heterocycles. The van der Waals surface area contributed by atoms with Gasteiger partial charge in [-0.3, -0.25) is 0 Å². The van der Waals surface area contributed by atoms with Crippen molar-refractivity contribution in [3.8, 4) is 0 Å². The lowest BCUT2D eigenvalue weighted by molar-refractivity contribution is 0.677. The highest BCUT2D eigenvalue weighted by Crippen LogP contribution is 2.31. The van der Waals surface area contributed by atoms with Gasteiger partial charge in [0.25, 0.3) is 0 Å². The van der Waals surface area contributed by atoms with Crippen molar-refractivity contribution in [3.63, 3.8) is 0 Å². The molecule has 0 nitrogen and oxygen atoms in total. The third kappa shape index (κ3) is 12.1. The number of unbranched alkanes of at least 4 members (excludes halogenated alkanes) is 2. The molecule has 0 aliphatic heterocycles. The third-order valence-electron chi connectivity index (χ3n) is 1.06. The number of alkyl halides is 3. The first-order valence-electron chi connectivity index (χ1n) is 3.13. The predicted octanol–water partition coefficient (Wildman–Crippen LogP) is 2.75. The van der Waals surface area contributed by atoms with Crippen LogP contribution in [0.15, 0.2) is 0 Å². The van der Waals surface area contributed by atoms with Gasteiger partial charge in [0.15, 0.2) is 21.2 Å². The highest BCUT2D eigenvalue weighted by Gasteiger charge is 2.17. The minimum atomic E-state index is -1.03. The average Bonchev–Trinajstić information content (AvgIpc) is 1.63. The Morgan fingerprint density at radius 1 is 1.10 bits per heavy atom. The van der Waals surface area contributed by atoms with Crippen LogP contribution in [-0.2, 0) is 0 Å². The summed E-state index contributed by atoms with van der Waals surface area (Å²) in [6.45, 7) is 2.12. The van der Waals surface area contributed by atoms with E-state index >= 15 is 0 Å². The predicted molar refractivity (Wildman–Crippen MR) is 54.4 cm³/mol. The van der Waals surface area contributed by atoms with E-state index < -0.39 is 3.79 Å². The lowest BCUT2D eigenvalue weighted by Crippen LogP contribution is -2.00. The minimum absolute atomic E-state index is 0. The van der Waals surface area contributed by atoms with E-state index in [1.165, 1.54) is 6.42 Å². The second-order valence-corrected chi connectivity index (χ2v) is 4.59. The van der Waals surface area contributed by atoms with Crippen LogP contribution >= 0.6 is 34.8 Å². The van der Waals surface area contributed by atoms with E-state index in [9.17, 15) is 0 Å². The van der Waals surface area contributed by atoms with Crippen molar-refractivity contribution >= 4 is 52.2 Å². The van der Waals surface area contributed by atoms with Crippen molar-refractivity contribution in [3.05, 3.63) is 0 Å². The number of rotatable bonds is 3. The molecule has 0 bridgehead atoms. The van der Waals surface area contributed by atoms with Gasteiger partial charge in [0, 0.05) is 0 Å². The molecule has 0 aliphatic carbocycles. The first kappa shape index (κ1) is 14.0. The zero-order chi connectivity index (χ0) is 7.33. The molecule has 0 atom stereocenters. The van der Waals surface area contributed by atoms with E-state index in [0.717, 1.165) is 12.8 Å². The van der Waals surface area contributed by atoms with Gasteiger partial charge in [0.1, 0.15) is 0 Å². The molecule has 0 amide bonds. The molecule has 0 unspecified atom stereocenters. The molecule has 62 valence electrons. The van der Waals surface area contributed by atoms with Gasteiger partial charge in [0.2, 0.25) is 0 Å². The first-order chi connectivity index (χ1) is 4.06. The van der Waals surface area contributed by atoms with Gasteiger partial charge < -0.3 is 0 Å². The molecule has 0 fully saturated rings. The Morgan fingerprint density at radius 2 is 1.60 bits per heavy atom. The summed E-state index contributed by atoms with van der Waals surface area (Å²) >= 11 is 16.5. The molecule has 0 aromatic rings. The van der Waals surface area contributed by atoms with Crippen LogP contribution in [0.1, 0.15) is 32.6 Å². The van der Waals surface area contributed by atoms with Crippen molar-refractivity contribution in [2.24, 2.45) is 0 Å². The third-order valence-corrected chi connectivity index (χ3v) is 1.63. The number of hydrogen-bond donors (Lipinski definition) is 0. The number of halogens is 3. The van der Waals surface area contributed by atoms with Crippen molar-refractivity contribution in [2.45, 2.75) is 36.4 Å². The zero-order valence-corrected chi connectivity index (χ0v) is 7.73. The Balaban J connectivity index is 0. The summed E-state index contributed by atoms with van der Waals surface area (Å²) in [6.07, 6.45) is 3.99. The Kier molecular flexibility index (Phi) is 9.87. The smallest absolute Gasteiger partial charge is 0.0837 e. The van der Waals surface area contributed by atoms with Crippen LogP contribution in [0.2, 0.25) is 0 Å². The maximum atomic E-state index is 5.50. The molecule has 10 heavy (non-hydrogen) atoms. The summed E-state index contributed by atoms with van der Waals surface area (Å²) in [5.74, 6) is 0. The van der Waals surface area contributed by atoms with Gasteiger partial charge in [-0.25, -0.2) is 0 Å². The maximum Gasteiger partial charge on any atom is 0.190 e. The summed E-state index contributed by atoms with van der Waals surface area (Å²) in [5.41, 5.74) is 0. The summed E-state index contributed by atoms with van der Waals surface area (Å²) in [6, 6.07) is 0. The lowest BCUT2D eigenvalue weighted by atomic mass is 10.2. The maximum absolute atomic E-state index is 5.50. The first-order valence-corrected chi connectivity index (χ1v) is 4.26. The van der Waals surface area contributed by atoms with Crippen LogP contribution < -0.4 is 0 Å². The fraction of sp³-hybridized carbons (Fsp3) is 1.00. The number of hydrogen-bond acceptors (Lipinski definition) is 0. The largest absolute Gasteiger partial charge is 0.190 e. The zero-order valence-electron chi connectivity index (χ0n) is 5.46. The average molecular weight is 220 g/mol. The second-order valence-electron chi connectivity index (χ2n) is 2.07. The molecule has 0 heterocycles. The molecular formula is C6H14AlCl3. The Labute approximate surface area is 88.3 Å². The monoisotopic (exact) mass is 218 g/mol. The molecule has 0 aromatic heterocycles. The fourth-order valence-corrected chi connectivity index (χ4v) is 0.976. The highest BCUT2D eigenvalue weighted by atomic mass is 35.6.